The molecule has 1 N–H and O–H groups in total. The van der Waals surface area contributed by atoms with Gasteiger partial charge in [-0.3, -0.25) is 4.72 Å². The molecule has 1 heterocycles. The largest absolute Gasteiger partial charge is 0.463 e. The molecule has 0 aromatic heterocycles. The summed E-state index contributed by atoms with van der Waals surface area (Å²) < 4.78 is 50.3. The van der Waals surface area contributed by atoms with Crippen LogP contribution in [0.2, 0.25) is 5.02 Å². The maximum atomic E-state index is 13.0. The second kappa shape index (κ2) is 7.29. The average molecular weight is 364 g/mol. The van der Waals surface area contributed by atoms with E-state index >= 15 is 0 Å². The molecule has 0 saturated heterocycles. The fourth-order valence-electron chi connectivity index (χ4n) is 2.03. The summed E-state index contributed by atoms with van der Waals surface area (Å²) in [5, 5.41) is -1.33. The molecule has 0 saturated carbocycles. The van der Waals surface area contributed by atoms with Crippen molar-refractivity contribution in [2.45, 2.75) is 12.2 Å². The minimum atomic E-state index is -4.04. The van der Waals surface area contributed by atoms with Gasteiger partial charge in [0.25, 0.3) is 0 Å². The maximum absolute atomic E-state index is 13.0. The van der Waals surface area contributed by atoms with Crippen LogP contribution in [0.4, 0.5) is 10.1 Å². The van der Waals surface area contributed by atoms with Crippen LogP contribution in [0.5, 0.6) is 0 Å². The van der Waals surface area contributed by atoms with Crippen molar-refractivity contribution in [1.82, 2.24) is 0 Å². The number of sulfonamides is 1. The van der Waals surface area contributed by atoms with Gasteiger partial charge in [-0.1, -0.05) is 11.6 Å². The molecular formula is C14H15ClFNO5S. The number of hydrogen-bond acceptors (Lipinski definition) is 5. The third kappa shape index (κ3) is 4.21. The van der Waals surface area contributed by atoms with E-state index in [1.807, 2.05) is 0 Å². The number of carbonyl (C=O) groups excluding carboxylic acids is 1. The van der Waals surface area contributed by atoms with E-state index in [1.165, 1.54) is 12.1 Å². The molecule has 0 fully saturated rings. The van der Waals surface area contributed by atoms with E-state index < -0.39 is 27.1 Å². The number of ether oxygens (including phenoxy) is 2. The molecule has 2 rings (SSSR count). The summed E-state index contributed by atoms with van der Waals surface area (Å²) in [6.45, 7) is 1.68. The summed E-state index contributed by atoms with van der Waals surface area (Å²) >= 11 is 5.82. The van der Waals surface area contributed by atoms with Crippen molar-refractivity contribution in [1.29, 1.82) is 0 Å². The van der Waals surface area contributed by atoms with Gasteiger partial charge in [0, 0.05) is 0 Å². The van der Waals surface area contributed by atoms with Crippen molar-refractivity contribution < 1.29 is 27.1 Å². The normalized spacial score (nSPS) is 18.2. The van der Waals surface area contributed by atoms with Gasteiger partial charge in [0.15, 0.2) is 0 Å². The SMILES string of the molecule is CCOC(=O)C1=CCOCC1S(=O)(=O)Nc1ccc(F)cc1Cl. The van der Waals surface area contributed by atoms with Gasteiger partial charge in [-0.15, -0.1) is 0 Å². The first-order valence-corrected chi connectivity index (χ1v) is 8.69. The highest BCUT2D eigenvalue weighted by Crippen LogP contribution is 2.26. The van der Waals surface area contributed by atoms with Crippen LogP contribution >= 0.6 is 11.6 Å². The van der Waals surface area contributed by atoms with Crippen molar-refractivity contribution in [3.63, 3.8) is 0 Å². The van der Waals surface area contributed by atoms with E-state index in [1.54, 1.807) is 6.92 Å². The molecule has 126 valence electrons. The van der Waals surface area contributed by atoms with Gasteiger partial charge in [0.05, 0.1) is 36.1 Å². The van der Waals surface area contributed by atoms with Crippen LogP contribution in [0.25, 0.3) is 0 Å². The molecule has 23 heavy (non-hydrogen) atoms. The van der Waals surface area contributed by atoms with Gasteiger partial charge in [-0.05, 0) is 31.2 Å². The van der Waals surface area contributed by atoms with Crippen LogP contribution < -0.4 is 4.72 Å². The Bertz CT molecular complexity index is 735. The van der Waals surface area contributed by atoms with Gasteiger partial charge < -0.3 is 9.47 Å². The molecule has 0 amide bonds. The molecule has 0 aliphatic carbocycles. The Hall–Kier alpha value is -1.64. The highest BCUT2D eigenvalue weighted by atomic mass is 35.5. The zero-order chi connectivity index (χ0) is 17.0. The Kier molecular flexibility index (Phi) is 5.61. The van der Waals surface area contributed by atoms with Gasteiger partial charge >= 0.3 is 5.97 Å². The van der Waals surface area contributed by atoms with Gasteiger partial charge in [0.2, 0.25) is 10.0 Å². The van der Waals surface area contributed by atoms with Crippen molar-refractivity contribution >= 4 is 33.3 Å². The number of carbonyl (C=O) groups is 1. The summed E-state index contributed by atoms with van der Waals surface area (Å²) in [6, 6.07) is 3.26. The van der Waals surface area contributed by atoms with Crippen LogP contribution in [0, 0.1) is 5.82 Å². The topological polar surface area (TPSA) is 81.7 Å². The Balaban J connectivity index is 2.28. The van der Waals surface area contributed by atoms with Crippen LogP contribution in [0.3, 0.4) is 0 Å². The lowest BCUT2D eigenvalue weighted by Gasteiger charge is -2.24. The molecule has 6 nitrogen and oxygen atoms in total. The fraction of sp³-hybridized carbons (Fsp3) is 0.357. The molecule has 1 aliphatic rings. The number of anilines is 1. The molecule has 0 radical (unpaired) electrons. The standard InChI is InChI=1S/C14H15ClFNO5S/c1-2-22-14(18)10-5-6-21-8-13(10)23(19,20)17-12-4-3-9(16)7-11(12)15/h3-5,7,13,17H,2,6,8H2,1H3. The lowest BCUT2D eigenvalue weighted by molar-refractivity contribution is -0.139. The van der Waals surface area contributed by atoms with Gasteiger partial charge in [-0.25, -0.2) is 17.6 Å². The Morgan fingerprint density at radius 3 is 2.91 bits per heavy atom. The Morgan fingerprint density at radius 1 is 1.52 bits per heavy atom. The summed E-state index contributed by atoms with van der Waals surface area (Å²) in [5.74, 6) is -1.30. The molecule has 0 bridgehead atoms. The van der Waals surface area contributed by atoms with Crippen molar-refractivity contribution in [3.05, 3.63) is 40.7 Å². The summed E-state index contributed by atoms with van der Waals surface area (Å²) in [4.78, 5) is 11.9. The summed E-state index contributed by atoms with van der Waals surface area (Å²) in [6.07, 6.45) is 1.37. The van der Waals surface area contributed by atoms with E-state index in [9.17, 15) is 17.6 Å². The molecule has 9 heteroatoms. The third-order valence-corrected chi connectivity index (χ3v) is 5.06. The number of esters is 1. The lowest BCUT2D eigenvalue weighted by Crippen LogP contribution is -2.39. The first kappa shape index (κ1) is 17.7. The van der Waals surface area contributed by atoms with Crippen LogP contribution in [-0.2, 0) is 24.3 Å². The fourth-order valence-corrected chi connectivity index (χ4v) is 3.73. The molecular weight excluding hydrogens is 349 g/mol. The molecule has 1 aliphatic heterocycles. The number of halogens is 2. The quantitative estimate of drug-likeness (QED) is 0.810. The van der Waals surface area contributed by atoms with Crippen LogP contribution in [0.15, 0.2) is 29.8 Å². The number of nitrogens with one attached hydrogen (secondary N) is 1. The number of hydrogen-bond donors (Lipinski definition) is 1. The molecule has 1 aromatic rings. The van der Waals surface area contributed by atoms with Crippen molar-refractivity contribution in [2.24, 2.45) is 0 Å². The second-order valence-electron chi connectivity index (χ2n) is 4.68. The maximum Gasteiger partial charge on any atom is 0.335 e. The second-order valence-corrected chi connectivity index (χ2v) is 6.95. The van der Waals surface area contributed by atoms with Crippen molar-refractivity contribution in [2.75, 3.05) is 24.5 Å². The van der Waals surface area contributed by atoms with E-state index in [4.69, 9.17) is 21.1 Å². The molecule has 1 atom stereocenters. The predicted molar refractivity (Wildman–Crippen MR) is 83.3 cm³/mol. The van der Waals surface area contributed by atoms with E-state index in [0.29, 0.717) is 0 Å². The third-order valence-electron chi connectivity index (χ3n) is 3.11. The predicted octanol–water partition coefficient (Wildman–Crippen LogP) is 2.11. The number of rotatable bonds is 5. The zero-order valence-corrected chi connectivity index (χ0v) is 13.8. The van der Waals surface area contributed by atoms with Crippen LogP contribution in [-0.4, -0.2) is 39.5 Å². The van der Waals surface area contributed by atoms with Crippen LogP contribution in [0.1, 0.15) is 6.92 Å². The average Bonchev–Trinajstić information content (AvgIpc) is 2.50. The highest BCUT2D eigenvalue weighted by molar-refractivity contribution is 7.93. The molecule has 1 unspecified atom stereocenters. The van der Waals surface area contributed by atoms with E-state index in [2.05, 4.69) is 4.72 Å². The first-order valence-electron chi connectivity index (χ1n) is 6.76. The Morgan fingerprint density at radius 2 is 2.26 bits per heavy atom. The highest BCUT2D eigenvalue weighted by Gasteiger charge is 2.36. The minimum Gasteiger partial charge on any atom is -0.463 e. The zero-order valence-electron chi connectivity index (χ0n) is 12.2. The Labute approximate surface area is 138 Å². The summed E-state index contributed by atoms with van der Waals surface area (Å²) in [7, 11) is -4.04. The van der Waals surface area contributed by atoms with Gasteiger partial charge in [-0.2, -0.15) is 0 Å². The smallest absolute Gasteiger partial charge is 0.335 e. The van der Waals surface area contributed by atoms with E-state index in [-0.39, 0.29) is 36.1 Å². The monoisotopic (exact) mass is 363 g/mol. The summed E-state index contributed by atoms with van der Waals surface area (Å²) in [5.41, 5.74) is 0.0192. The van der Waals surface area contributed by atoms with E-state index in [0.717, 1.165) is 12.1 Å². The lowest BCUT2D eigenvalue weighted by atomic mass is 10.1. The number of benzene rings is 1. The molecule has 0 spiro atoms. The van der Waals surface area contributed by atoms with Gasteiger partial charge in [0.1, 0.15) is 11.1 Å². The molecule has 1 aromatic carbocycles. The van der Waals surface area contributed by atoms with Crippen molar-refractivity contribution in [3.8, 4) is 0 Å². The first-order chi connectivity index (χ1) is 10.8. The minimum absolute atomic E-state index is 0.00355.